The van der Waals surface area contributed by atoms with E-state index < -0.39 is 0 Å². The van der Waals surface area contributed by atoms with E-state index in [0.717, 1.165) is 31.4 Å². The summed E-state index contributed by atoms with van der Waals surface area (Å²) >= 11 is 0. The topological polar surface area (TPSA) is 41.6 Å². The number of nitrogens with zero attached hydrogens (tertiary/aromatic N) is 1. The van der Waals surface area contributed by atoms with Gasteiger partial charge in [0.05, 0.1) is 18.2 Å². The number of carbonyl (C=O) groups is 1. The van der Waals surface area contributed by atoms with E-state index in [-0.39, 0.29) is 30.3 Å². The summed E-state index contributed by atoms with van der Waals surface area (Å²) in [4.78, 5) is 14.7. The molecule has 114 valence electrons. The maximum absolute atomic E-state index is 12.7. The lowest BCUT2D eigenvalue weighted by Gasteiger charge is -2.33. The Bertz CT molecular complexity index is 485. The van der Waals surface area contributed by atoms with Gasteiger partial charge >= 0.3 is 0 Å². The number of amides is 1. The van der Waals surface area contributed by atoms with E-state index in [2.05, 4.69) is 31.3 Å². The van der Waals surface area contributed by atoms with Crippen LogP contribution in [0, 0.1) is 0 Å². The second-order valence-electron chi connectivity index (χ2n) is 5.98. The third kappa shape index (κ3) is 2.70. The molecule has 0 aliphatic carbocycles. The Balaban J connectivity index is 1.87. The van der Waals surface area contributed by atoms with Gasteiger partial charge in [-0.2, -0.15) is 0 Å². The van der Waals surface area contributed by atoms with Crippen LogP contribution in [0.2, 0.25) is 0 Å². The van der Waals surface area contributed by atoms with Crippen LogP contribution in [0.5, 0.6) is 0 Å². The molecule has 1 N–H and O–H groups in total. The highest BCUT2D eigenvalue weighted by Gasteiger charge is 2.43. The lowest BCUT2D eigenvalue weighted by molar-refractivity contribution is -0.134. The summed E-state index contributed by atoms with van der Waals surface area (Å²) in [6.07, 6.45) is 3.08. The van der Waals surface area contributed by atoms with Crippen LogP contribution in [0.1, 0.15) is 44.8 Å². The minimum Gasteiger partial charge on any atom is -0.376 e. The Morgan fingerprint density at radius 1 is 1.38 bits per heavy atom. The molecule has 4 unspecified atom stereocenters. The molecule has 2 saturated heterocycles. The van der Waals surface area contributed by atoms with Crippen molar-refractivity contribution in [3.05, 3.63) is 35.9 Å². The van der Waals surface area contributed by atoms with Gasteiger partial charge in [-0.3, -0.25) is 10.1 Å². The summed E-state index contributed by atoms with van der Waals surface area (Å²) in [5.74, 6) is 0.203. The van der Waals surface area contributed by atoms with E-state index in [4.69, 9.17) is 4.74 Å². The van der Waals surface area contributed by atoms with Crippen LogP contribution in [-0.2, 0) is 9.53 Å². The quantitative estimate of drug-likeness (QED) is 0.925. The van der Waals surface area contributed by atoms with Gasteiger partial charge in [0.1, 0.15) is 6.17 Å². The Kier molecular flexibility index (Phi) is 4.27. The number of ether oxygens (including phenoxy) is 1. The van der Waals surface area contributed by atoms with Crippen LogP contribution in [0.3, 0.4) is 0 Å². The fourth-order valence-electron chi connectivity index (χ4n) is 3.43. The lowest BCUT2D eigenvalue weighted by atomic mass is 10.1. The standard InChI is InChI=1S/C17H24N2O2/c1-3-14-17(20)19(12(2)15-10-7-11-21-15)16(18-14)13-8-5-4-6-9-13/h4-6,8-9,12,14-16,18H,3,7,10-11H2,1-2H3. The van der Waals surface area contributed by atoms with Crippen molar-refractivity contribution in [3.63, 3.8) is 0 Å². The molecule has 0 saturated carbocycles. The molecule has 1 aromatic rings. The normalized spacial score (nSPS) is 30.9. The first-order valence-corrected chi connectivity index (χ1v) is 7.97. The molecule has 2 fully saturated rings. The molecule has 2 aliphatic rings. The molecule has 4 nitrogen and oxygen atoms in total. The van der Waals surface area contributed by atoms with E-state index in [1.165, 1.54) is 0 Å². The van der Waals surface area contributed by atoms with Crippen LogP contribution < -0.4 is 5.32 Å². The fourth-order valence-corrected chi connectivity index (χ4v) is 3.43. The van der Waals surface area contributed by atoms with Crippen LogP contribution in [0.15, 0.2) is 30.3 Å². The number of benzene rings is 1. The zero-order valence-electron chi connectivity index (χ0n) is 12.8. The third-order valence-corrected chi connectivity index (χ3v) is 4.66. The number of hydrogen-bond donors (Lipinski definition) is 1. The van der Waals surface area contributed by atoms with Crippen LogP contribution in [0.25, 0.3) is 0 Å². The first kappa shape index (κ1) is 14.5. The Hall–Kier alpha value is -1.39. The van der Waals surface area contributed by atoms with Gasteiger partial charge in [-0.25, -0.2) is 0 Å². The molecule has 0 spiro atoms. The van der Waals surface area contributed by atoms with Crippen molar-refractivity contribution < 1.29 is 9.53 Å². The minimum atomic E-state index is -0.0842. The first-order valence-electron chi connectivity index (χ1n) is 7.97. The Labute approximate surface area is 126 Å². The lowest BCUT2D eigenvalue weighted by Crippen LogP contribution is -2.44. The molecule has 21 heavy (non-hydrogen) atoms. The molecule has 1 amide bonds. The molecule has 4 atom stereocenters. The number of rotatable bonds is 4. The van der Waals surface area contributed by atoms with Gasteiger partial charge in [-0.05, 0) is 31.7 Å². The molecule has 0 radical (unpaired) electrons. The Morgan fingerprint density at radius 2 is 2.14 bits per heavy atom. The summed E-state index contributed by atoms with van der Waals surface area (Å²) in [6.45, 7) is 4.99. The predicted molar refractivity (Wildman–Crippen MR) is 81.7 cm³/mol. The van der Waals surface area contributed by atoms with E-state index in [1.807, 2.05) is 23.1 Å². The highest BCUT2D eigenvalue weighted by Crippen LogP contribution is 2.32. The molecule has 1 aromatic carbocycles. The maximum atomic E-state index is 12.7. The minimum absolute atomic E-state index is 0.0390. The number of carbonyl (C=O) groups excluding carboxylic acids is 1. The van der Waals surface area contributed by atoms with E-state index in [0.29, 0.717) is 0 Å². The van der Waals surface area contributed by atoms with Crippen molar-refractivity contribution in [2.24, 2.45) is 0 Å². The van der Waals surface area contributed by atoms with Gasteiger partial charge in [0, 0.05) is 6.61 Å². The van der Waals surface area contributed by atoms with Crippen molar-refractivity contribution in [3.8, 4) is 0 Å². The van der Waals surface area contributed by atoms with Gasteiger partial charge in [-0.1, -0.05) is 37.3 Å². The third-order valence-electron chi connectivity index (χ3n) is 4.66. The first-order chi connectivity index (χ1) is 10.2. The summed E-state index contributed by atoms with van der Waals surface area (Å²) < 4.78 is 5.81. The SMILES string of the molecule is CCC1NC(c2ccccc2)N(C(C)C2CCCO2)C1=O. The summed E-state index contributed by atoms with van der Waals surface area (Å²) in [6, 6.07) is 10.2. The summed E-state index contributed by atoms with van der Waals surface area (Å²) in [5.41, 5.74) is 1.15. The monoisotopic (exact) mass is 288 g/mol. The second-order valence-corrected chi connectivity index (χ2v) is 5.98. The molecule has 4 heteroatoms. The fraction of sp³-hybridized carbons (Fsp3) is 0.588. The average molecular weight is 288 g/mol. The highest BCUT2D eigenvalue weighted by molar-refractivity contribution is 5.84. The van der Waals surface area contributed by atoms with Crippen molar-refractivity contribution in [1.29, 1.82) is 0 Å². The molecule has 0 bridgehead atoms. The predicted octanol–water partition coefficient (Wildman–Crippen LogP) is 2.46. The zero-order valence-corrected chi connectivity index (χ0v) is 12.8. The smallest absolute Gasteiger partial charge is 0.241 e. The largest absolute Gasteiger partial charge is 0.376 e. The molecular weight excluding hydrogens is 264 g/mol. The van der Waals surface area contributed by atoms with Crippen LogP contribution >= 0.6 is 0 Å². The van der Waals surface area contributed by atoms with Crippen LogP contribution in [-0.4, -0.2) is 35.6 Å². The molecule has 0 aromatic heterocycles. The number of hydrogen-bond acceptors (Lipinski definition) is 3. The van der Waals surface area contributed by atoms with Crippen molar-refractivity contribution in [2.75, 3.05) is 6.61 Å². The van der Waals surface area contributed by atoms with Gasteiger partial charge in [-0.15, -0.1) is 0 Å². The molecule has 2 heterocycles. The molecule has 2 aliphatic heterocycles. The van der Waals surface area contributed by atoms with E-state index >= 15 is 0 Å². The van der Waals surface area contributed by atoms with E-state index in [9.17, 15) is 4.79 Å². The Morgan fingerprint density at radius 3 is 2.76 bits per heavy atom. The van der Waals surface area contributed by atoms with Crippen LogP contribution in [0.4, 0.5) is 0 Å². The highest BCUT2D eigenvalue weighted by atomic mass is 16.5. The molecule has 3 rings (SSSR count). The van der Waals surface area contributed by atoms with Gasteiger partial charge in [0.15, 0.2) is 0 Å². The maximum Gasteiger partial charge on any atom is 0.241 e. The summed E-state index contributed by atoms with van der Waals surface area (Å²) in [5, 5.41) is 3.48. The van der Waals surface area contributed by atoms with E-state index in [1.54, 1.807) is 0 Å². The van der Waals surface area contributed by atoms with Crippen molar-refractivity contribution >= 4 is 5.91 Å². The van der Waals surface area contributed by atoms with Gasteiger partial charge in [0.25, 0.3) is 0 Å². The zero-order chi connectivity index (χ0) is 14.8. The number of nitrogens with one attached hydrogen (secondary N) is 1. The molecular formula is C17H24N2O2. The average Bonchev–Trinajstić information content (AvgIpc) is 3.15. The van der Waals surface area contributed by atoms with Crippen molar-refractivity contribution in [1.82, 2.24) is 10.2 Å². The second kappa shape index (κ2) is 6.16. The van der Waals surface area contributed by atoms with Gasteiger partial charge < -0.3 is 9.64 Å². The summed E-state index contributed by atoms with van der Waals surface area (Å²) in [7, 11) is 0. The van der Waals surface area contributed by atoms with Gasteiger partial charge in [0.2, 0.25) is 5.91 Å². The van der Waals surface area contributed by atoms with Crippen molar-refractivity contribution in [2.45, 2.75) is 57.5 Å².